The molecule has 1 unspecified atom stereocenters. The van der Waals surface area contributed by atoms with Crippen molar-refractivity contribution in [1.82, 2.24) is 4.98 Å². The molecule has 1 atom stereocenters. The lowest BCUT2D eigenvalue weighted by Crippen LogP contribution is -1.99. The summed E-state index contributed by atoms with van der Waals surface area (Å²) in [6.07, 6.45) is 1.88. The van der Waals surface area contributed by atoms with Gasteiger partial charge in [0.1, 0.15) is 11.1 Å². The van der Waals surface area contributed by atoms with E-state index in [0.717, 1.165) is 22.7 Å². The van der Waals surface area contributed by atoms with E-state index >= 15 is 0 Å². The van der Waals surface area contributed by atoms with Crippen LogP contribution in [0.3, 0.4) is 0 Å². The van der Waals surface area contributed by atoms with Gasteiger partial charge in [0, 0.05) is 23.1 Å². The highest BCUT2D eigenvalue weighted by Crippen LogP contribution is 2.28. The summed E-state index contributed by atoms with van der Waals surface area (Å²) in [5.74, 6) is 0. The molecule has 0 spiro atoms. The molecule has 4 heteroatoms. The van der Waals surface area contributed by atoms with Crippen LogP contribution in [-0.2, 0) is 4.74 Å². The summed E-state index contributed by atoms with van der Waals surface area (Å²) >= 11 is 1.49. The molecule has 0 amide bonds. The number of nitrogens with zero attached hydrogens (tertiary/aromatic N) is 1. The Kier molecular flexibility index (Phi) is 2.33. The first-order valence-electron chi connectivity index (χ1n) is 4.18. The maximum Gasteiger partial charge on any atom is 0.130 e. The number of thiazole rings is 1. The molecule has 0 aliphatic carbocycles. The summed E-state index contributed by atoms with van der Waals surface area (Å²) in [5.41, 5.74) is 1.88. The van der Waals surface area contributed by atoms with Crippen molar-refractivity contribution in [2.45, 2.75) is 19.4 Å². The van der Waals surface area contributed by atoms with E-state index in [9.17, 15) is 5.11 Å². The van der Waals surface area contributed by atoms with Crippen molar-refractivity contribution in [1.29, 1.82) is 0 Å². The van der Waals surface area contributed by atoms with Crippen LogP contribution in [-0.4, -0.2) is 16.7 Å². The smallest absolute Gasteiger partial charge is 0.130 e. The van der Waals surface area contributed by atoms with Crippen LogP contribution in [0.15, 0.2) is 17.2 Å². The third kappa shape index (κ3) is 1.73. The Hall–Kier alpha value is -0.870. The van der Waals surface area contributed by atoms with Gasteiger partial charge >= 0.3 is 0 Å². The highest BCUT2D eigenvalue weighted by molar-refractivity contribution is 7.09. The van der Waals surface area contributed by atoms with Gasteiger partial charge in [-0.05, 0) is 6.92 Å². The molecule has 3 nitrogen and oxygen atoms in total. The molecule has 0 saturated carbocycles. The second-order valence-corrected chi connectivity index (χ2v) is 3.93. The highest BCUT2D eigenvalue weighted by atomic mass is 32.1. The Balaban J connectivity index is 2.16. The molecule has 1 aliphatic heterocycles. The van der Waals surface area contributed by atoms with E-state index in [0.29, 0.717) is 6.61 Å². The number of hydrogen-bond acceptors (Lipinski definition) is 4. The fourth-order valence-electron chi connectivity index (χ4n) is 1.26. The summed E-state index contributed by atoms with van der Waals surface area (Å²) in [5, 5.41) is 12.5. The standard InChI is InChI=1S/C9H11NO2S/c1-6-5-13-9(10-6)8(11)7-2-3-12-4-7/h4-5,8,11H,2-3H2,1H3. The van der Waals surface area contributed by atoms with Gasteiger partial charge in [0.2, 0.25) is 0 Å². The fraction of sp³-hybridized carbons (Fsp3) is 0.444. The Morgan fingerprint density at radius 2 is 2.54 bits per heavy atom. The Labute approximate surface area is 80.7 Å². The lowest BCUT2D eigenvalue weighted by molar-refractivity contribution is 0.212. The summed E-state index contributed by atoms with van der Waals surface area (Å²) in [6, 6.07) is 0. The molecular weight excluding hydrogens is 186 g/mol. The second-order valence-electron chi connectivity index (χ2n) is 3.04. The SMILES string of the molecule is Cc1csc(C(O)C2=COCC2)n1. The average molecular weight is 197 g/mol. The predicted octanol–water partition coefficient (Wildman–Crippen LogP) is 1.79. The van der Waals surface area contributed by atoms with E-state index in [4.69, 9.17) is 4.74 Å². The van der Waals surface area contributed by atoms with Gasteiger partial charge in [-0.25, -0.2) is 4.98 Å². The maximum absolute atomic E-state index is 9.83. The van der Waals surface area contributed by atoms with Crippen LogP contribution in [0.25, 0.3) is 0 Å². The third-order valence-corrected chi connectivity index (χ3v) is 2.98. The Morgan fingerprint density at radius 1 is 1.69 bits per heavy atom. The number of ether oxygens (including phenoxy) is 1. The van der Waals surface area contributed by atoms with Crippen LogP contribution in [0.4, 0.5) is 0 Å². The summed E-state index contributed by atoms with van der Waals surface area (Å²) < 4.78 is 5.06. The zero-order chi connectivity index (χ0) is 9.26. The van der Waals surface area contributed by atoms with Gasteiger partial charge in [0.25, 0.3) is 0 Å². The van der Waals surface area contributed by atoms with Gasteiger partial charge in [-0.15, -0.1) is 11.3 Å². The Bertz CT molecular complexity index is 332. The van der Waals surface area contributed by atoms with Crippen LogP contribution in [0.1, 0.15) is 23.2 Å². The fourth-order valence-corrected chi connectivity index (χ4v) is 2.08. The van der Waals surface area contributed by atoms with Crippen molar-refractivity contribution in [2.75, 3.05) is 6.61 Å². The summed E-state index contributed by atoms with van der Waals surface area (Å²) in [6.45, 7) is 2.60. The lowest BCUT2D eigenvalue weighted by Gasteiger charge is -2.05. The number of aliphatic hydroxyl groups excluding tert-OH is 1. The van der Waals surface area contributed by atoms with Gasteiger partial charge in [-0.1, -0.05) is 0 Å². The third-order valence-electron chi connectivity index (χ3n) is 1.97. The molecule has 1 aromatic rings. The predicted molar refractivity (Wildman–Crippen MR) is 50.5 cm³/mol. The minimum absolute atomic E-state index is 0.568. The molecule has 1 N–H and O–H groups in total. The van der Waals surface area contributed by atoms with Gasteiger partial charge in [-0.2, -0.15) is 0 Å². The number of aliphatic hydroxyl groups is 1. The molecule has 0 saturated heterocycles. The topological polar surface area (TPSA) is 42.4 Å². The molecule has 0 aromatic carbocycles. The zero-order valence-corrected chi connectivity index (χ0v) is 8.17. The monoisotopic (exact) mass is 197 g/mol. The molecule has 1 aromatic heterocycles. The van der Waals surface area contributed by atoms with E-state index in [-0.39, 0.29) is 0 Å². The van der Waals surface area contributed by atoms with E-state index in [2.05, 4.69) is 4.98 Å². The molecule has 0 bridgehead atoms. The Morgan fingerprint density at radius 3 is 3.08 bits per heavy atom. The van der Waals surface area contributed by atoms with Crippen molar-refractivity contribution in [2.24, 2.45) is 0 Å². The molecule has 13 heavy (non-hydrogen) atoms. The van der Waals surface area contributed by atoms with E-state index in [1.807, 2.05) is 12.3 Å². The van der Waals surface area contributed by atoms with Crippen LogP contribution < -0.4 is 0 Å². The molecule has 0 radical (unpaired) electrons. The van der Waals surface area contributed by atoms with Crippen molar-refractivity contribution >= 4 is 11.3 Å². The normalized spacial score (nSPS) is 18.2. The zero-order valence-electron chi connectivity index (χ0n) is 7.36. The van der Waals surface area contributed by atoms with Crippen molar-refractivity contribution in [3.05, 3.63) is 27.9 Å². The van der Waals surface area contributed by atoms with Crippen LogP contribution in [0.2, 0.25) is 0 Å². The van der Waals surface area contributed by atoms with E-state index in [1.165, 1.54) is 11.3 Å². The minimum atomic E-state index is -0.568. The van der Waals surface area contributed by atoms with Crippen LogP contribution >= 0.6 is 11.3 Å². The molecule has 1 aliphatic rings. The first-order chi connectivity index (χ1) is 6.27. The van der Waals surface area contributed by atoms with Crippen molar-refractivity contribution in [3.8, 4) is 0 Å². The molecule has 2 heterocycles. The first kappa shape index (κ1) is 8.72. The van der Waals surface area contributed by atoms with Crippen LogP contribution in [0.5, 0.6) is 0 Å². The quantitative estimate of drug-likeness (QED) is 0.786. The van der Waals surface area contributed by atoms with Crippen molar-refractivity contribution < 1.29 is 9.84 Å². The van der Waals surface area contributed by atoms with Gasteiger partial charge < -0.3 is 9.84 Å². The largest absolute Gasteiger partial charge is 0.501 e. The van der Waals surface area contributed by atoms with Crippen molar-refractivity contribution in [3.63, 3.8) is 0 Å². The van der Waals surface area contributed by atoms with Gasteiger partial charge in [0.05, 0.1) is 12.9 Å². The second kappa shape index (κ2) is 3.47. The van der Waals surface area contributed by atoms with E-state index in [1.54, 1.807) is 6.26 Å². The minimum Gasteiger partial charge on any atom is -0.501 e. The van der Waals surface area contributed by atoms with Gasteiger partial charge in [0.15, 0.2) is 0 Å². The molecule has 0 fully saturated rings. The average Bonchev–Trinajstić information content (AvgIpc) is 2.72. The summed E-state index contributed by atoms with van der Waals surface area (Å²) in [4.78, 5) is 4.23. The highest BCUT2D eigenvalue weighted by Gasteiger charge is 2.19. The van der Waals surface area contributed by atoms with Crippen LogP contribution in [0, 0.1) is 6.92 Å². The summed E-state index contributed by atoms with van der Waals surface area (Å²) in [7, 11) is 0. The maximum atomic E-state index is 9.83. The molecular formula is C9H11NO2S. The molecule has 2 rings (SSSR count). The number of aromatic nitrogens is 1. The lowest BCUT2D eigenvalue weighted by atomic mass is 10.1. The molecule has 70 valence electrons. The first-order valence-corrected chi connectivity index (χ1v) is 5.06. The van der Waals surface area contributed by atoms with E-state index < -0.39 is 6.10 Å². The van der Waals surface area contributed by atoms with Gasteiger partial charge in [-0.3, -0.25) is 0 Å². The number of rotatable bonds is 2. The number of hydrogen-bond donors (Lipinski definition) is 1. The number of aryl methyl sites for hydroxylation is 1.